The van der Waals surface area contributed by atoms with E-state index in [0.29, 0.717) is 0 Å². The Morgan fingerprint density at radius 3 is 1.59 bits per heavy atom. The minimum Gasteiger partial charge on any atom is -0.744 e. The van der Waals surface area contributed by atoms with E-state index in [1.807, 2.05) is 0 Å². The van der Waals surface area contributed by atoms with Crippen LogP contribution in [0.3, 0.4) is 0 Å². The summed E-state index contributed by atoms with van der Waals surface area (Å²) in [6.07, 6.45) is -0.177. The molecule has 0 spiro atoms. The number of hydrogen-bond donors (Lipinski definition) is 1. The van der Waals surface area contributed by atoms with Crippen molar-refractivity contribution in [3.05, 3.63) is 42.7 Å². The molecule has 0 bridgehead atoms. The normalized spacial score (nSPS) is 16.7. The van der Waals surface area contributed by atoms with E-state index in [-0.39, 0.29) is 71.5 Å². The molecule has 1 aliphatic heterocycles. The van der Waals surface area contributed by atoms with E-state index in [9.17, 15) is 42.8 Å². The Morgan fingerprint density at radius 1 is 0.793 bits per heavy atom. The fraction of sp³-hybridized carbons (Fsp3) is 0.111. The average Bonchev–Trinajstić information content (AvgIpc) is 2.89. The van der Waals surface area contributed by atoms with Gasteiger partial charge in [-0.1, -0.05) is 18.2 Å². The standard InChI is InChI=1S/C9H10N2O12S4.2Na/c12-24(13,14)9(25(15,16)17)10(26(18,19)20)6-7-11(9)27(21,22)23-8-4-2-1-3-5-8;;/h1-7H,(H,12,13,14)(H,15,16,17)(H,18,19,20);;/q;2*+1/p-2. The van der Waals surface area contributed by atoms with Crippen LogP contribution < -0.4 is 63.3 Å². The van der Waals surface area contributed by atoms with E-state index in [2.05, 4.69) is 4.18 Å². The molecule has 0 radical (unpaired) electrons. The van der Waals surface area contributed by atoms with Gasteiger partial charge in [-0.05, 0) is 12.1 Å². The predicted molar refractivity (Wildman–Crippen MR) is 82.5 cm³/mol. The van der Waals surface area contributed by atoms with Gasteiger partial charge in [-0.3, -0.25) is 4.55 Å². The van der Waals surface area contributed by atoms with Gasteiger partial charge in [0.15, 0.2) is 20.2 Å². The molecule has 0 amide bonds. The van der Waals surface area contributed by atoms with Gasteiger partial charge in [-0.25, -0.2) is 21.1 Å². The Kier molecular flexibility index (Phi) is 9.28. The third-order valence-corrected chi connectivity index (χ3v) is 8.91. The SMILES string of the molecule is O=S(=O)(O)N1C=CN(S(=O)(=O)Oc2ccccc2)C1(S(=O)(=O)[O-])S(=O)(=O)[O-].[Na+].[Na+]. The Morgan fingerprint density at radius 2 is 1.21 bits per heavy atom. The minimum absolute atomic E-state index is 0. The molecule has 0 atom stereocenters. The van der Waals surface area contributed by atoms with Crippen molar-refractivity contribution in [2.24, 2.45) is 0 Å². The average molecular weight is 510 g/mol. The van der Waals surface area contributed by atoms with Crippen LogP contribution in [0.4, 0.5) is 0 Å². The second-order valence-corrected chi connectivity index (χ2v) is 10.6. The molecule has 0 saturated carbocycles. The second kappa shape index (κ2) is 9.27. The molecule has 14 nitrogen and oxygen atoms in total. The predicted octanol–water partition coefficient (Wildman–Crippen LogP) is -8.09. The van der Waals surface area contributed by atoms with Crippen LogP contribution in [0.25, 0.3) is 0 Å². The summed E-state index contributed by atoms with van der Waals surface area (Å²) in [5.74, 6) is -0.503. The van der Waals surface area contributed by atoms with E-state index in [4.69, 9.17) is 4.55 Å². The monoisotopic (exact) mass is 510 g/mol. The smallest absolute Gasteiger partial charge is 0.744 e. The molecule has 0 saturated heterocycles. The van der Waals surface area contributed by atoms with Crippen molar-refractivity contribution in [3.8, 4) is 5.75 Å². The van der Waals surface area contributed by atoms with Crippen molar-refractivity contribution < 1.29 is 111 Å². The summed E-state index contributed by atoms with van der Waals surface area (Å²) in [6, 6.07) is 5.99. The molecule has 152 valence electrons. The van der Waals surface area contributed by atoms with Crippen LogP contribution in [-0.4, -0.2) is 60.3 Å². The first-order chi connectivity index (χ1) is 12.0. The topological polar surface area (TPSA) is 219 Å². The maximum Gasteiger partial charge on any atom is 1.00 e. The molecule has 1 aliphatic rings. The first-order valence-electron chi connectivity index (χ1n) is 6.20. The van der Waals surface area contributed by atoms with Crippen LogP contribution in [0.1, 0.15) is 0 Å². The summed E-state index contributed by atoms with van der Waals surface area (Å²) >= 11 is 0. The largest absolute Gasteiger partial charge is 1.00 e. The Hall–Kier alpha value is 0.0400. The van der Waals surface area contributed by atoms with Gasteiger partial charge in [0.25, 0.3) is 0 Å². The minimum atomic E-state index is -6.64. The number of para-hydroxylation sites is 1. The van der Waals surface area contributed by atoms with Crippen molar-refractivity contribution in [2.45, 2.75) is 4.33 Å². The molecular weight excluding hydrogens is 502 g/mol. The van der Waals surface area contributed by atoms with Crippen molar-refractivity contribution in [2.75, 3.05) is 0 Å². The van der Waals surface area contributed by atoms with Gasteiger partial charge in [-0.15, -0.1) is 0 Å². The summed E-state index contributed by atoms with van der Waals surface area (Å²) in [7, 11) is -24.8. The van der Waals surface area contributed by atoms with Crippen LogP contribution in [-0.2, 0) is 40.8 Å². The van der Waals surface area contributed by atoms with Crippen LogP contribution in [0.15, 0.2) is 42.7 Å². The van der Waals surface area contributed by atoms with Crippen molar-refractivity contribution >= 4 is 40.8 Å². The first-order valence-corrected chi connectivity index (χ1v) is 11.8. The molecule has 1 aromatic carbocycles. The van der Waals surface area contributed by atoms with Crippen LogP contribution in [0.2, 0.25) is 0 Å². The van der Waals surface area contributed by atoms with E-state index in [0.717, 1.165) is 12.1 Å². The molecule has 0 aliphatic carbocycles. The number of rotatable bonds is 6. The van der Waals surface area contributed by atoms with Gasteiger partial charge < -0.3 is 13.3 Å². The molecule has 1 heterocycles. The zero-order valence-corrected chi connectivity index (χ0v) is 21.8. The van der Waals surface area contributed by atoms with Crippen LogP contribution >= 0.6 is 0 Å². The van der Waals surface area contributed by atoms with Crippen LogP contribution in [0.5, 0.6) is 5.75 Å². The Bertz CT molecular complexity index is 1160. The van der Waals surface area contributed by atoms with Gasteiger partial charge in [0.1, 0.15) is 5.75 Å². The second-order valence-electron chi connectivity index (χ2n) is 4.68. The number of benzene rings is 1. The first kappa shape index (κ1) is 29.0. The molecule has 29 heavy (non-hydrogen) atoms. The molecule has 0 fully saturated rings. The summed E-state index contributed by atoms with van der Waals surface area (Å²) in [6.45, 7) is 0. The molecular formula is C9H8N2Na2O12S4. The third kappa shape index (κ3) is 5.27. The van der Waals surface area contributed by atoms with Gasteiger partial charge in [0, 0.05) is 12.4 Å². The third-order valence-electron chi connectivity index (χ3n) is 2.98. The van der Waals surface area contributed by atoms with Crippen molar-refractivity contribution in [1.82, 2.24) is 8.61 Å². The fourth-order valence-corrected chi connectivity index (χ4v) is 8.03. The molecule has 2 rings (SSSR count). The molecule has 1 N–H and O–H groups in total. The zero-order valence-electron chi connectivity index (χ0n) is 14.5. The summed E-state index contributed by atoms with van der Waals surface area (Å²) < 4.78 is 124. The van der Waals surface area contributed by atoms with Gasteiger partial charge in [-0.2, -0.15) is 21.1 Å². The zero-order chi connectivity index (χ0) is 20.9. The molecule has 20 heteroatoms. The van der Waals surface area contributed by atoms with E-state index < -0.39 is 59.5 Å². The maximum absolute atomic E-state index is 12.3. The number of hydrogen-bond acceptors (Lipinski definition) is 11. The van der Waals surface area contributed by atoms with Gasteiger partial charge >= 0.3 is 84.0 Å². The molecule has 1 aromatic rings. The Labute approximate surface area is 210 Å². The van der Waals surface area contributed by atoms with E-state index in [1.54, 1.807) is 0 Å². The summed E-state index contributed by atoms with van der Waals surface area (Å²) in [5.41, 5.74) is 0. The van der Waals surface area contributed by atoms with Crippen LogP contribution in [0, 0.1) is 0 Å². The van der Waals surface area contributed by atoms with Gasteiger partial charge in [0.05, 0.1) is 0 Å². The quantitative estimate of drug-likeness (QED) is 0.279. The number of nitrogens with zero attached hydrogens (tertiary/aromatic N) is 2. The summed E-state index contributed by atoms with van der Waals surface area (Å²) in [5, 5.41) is 0. The summed E-state index contributed by atoms with van der Waals surface area (Å²) in [4.78, 5) is 0. The fourth-order valence-electron chi connectivity index (χ4n) is 2.05. The van der Waals surface area contributed by atoms with Crippen molar-refractivity contribution in [3.63, 3.8) is 0 Å². The van der Waals surface area contributed by atoms with Gasteiger partial charge in [0.2, 0.25) is 0 Å². The van der Waals surface area contributed by atoms with E-state index >= 15 is 0 Å². The Balaban J connectivity index is 0.00000392. The molecule has 0 aromatic heterocycles. The maximum atomic E-state index is 12.3. The molecule has 0 unspecified atom stereocenters. The van der Waals surface area contributed by atoms with E-state index in [1.165, 1.54) is 18.2 Å². The van der Waals surface area contributed by atoms with Crippen molar-refractivity contribution in [1.29, 1.82) is 0 Å².